The van der Waals surface area contributed by atoms with Crippen molar-refractivity contribution in [2.75, 3.05) is 43.0 Å². The Morgan fingerprint density at radius 1 is 1.13 bits per heavy atom. The molecule has 0 unspecified atom stereocenters. The van der Waals surface area contributed by atoms with E-state index >= 15 is 0 Å². The van der Waals surface area contributed by atoms with Gasteiger partial charge in [0.05, 0.1) is 23.8 Å². The van der Waals surface area contributed by atoms with Crippen LogP contribution >= 0.6 is 0 Å². The number of ether oxygens (including phenoxy) is 2. The minimum Gasteiger partial charge on any atom is -0.474 e. The van der Waals surface area contributed by atoms with Crippen LogP contribution in [0.2, 0.25) is 0 Å². The van der Waals surface area contributed by atoms with Crippen LogP contribution < -0.4 is 15.0 Å². The third-order valence-electron chi connectivity index (χ3n) is 6.83. The Morgan fingerprint density at radius 3 is 2.53 bits per heavy atom. The molecule has 4 rings (SSSR count). The molecule has 2 heterocycles. The van der Waals surface area contributed by atoms with Gasteiger partial charge >= 0.3 is 12.3 Å². The highest BCUT2D eigenvalue weighted by molar-refractivity contribution is 5.68. The van der Waals surface area contributed by atoms with Crippen molar-refractivity contribution in [1.82, 2.24) is 9.88 Å². The first kappa shape index (κ1) is 27.4. The molecule has 1 saturated heterocycles. The van der Waals surface area contributed by atoms with Gasteiger partial charge in [0.1, 0.15) is 6.10 Å². The summed E-state index contributed by atoms with van der Waals surface area (Å²) in [4.78, 5) is 20.3. The zero-order valence-electron chi connectivity index (χ0n) is 21.3. The van der Waals surface area contributed by atoms with E-state index in [-0.39, 0.29) is 23.8 Å². The Hall–Kier alpha value is -3.68. The van der Waals surface area contributed by atoms with Gasteiger partial charge in [0.25, 0.3) is 0 Å². The van der Waals surface area contributed by atoms with Crippen LogP contribution in [0, 0.1) is 11.3 Å². The number of aromatic nitrogens is 1. The quantitative estimate of drug-likeness (QED) is 0.509. The van der Waals surface area contributed by atoms with Crippen LogP contribution in [0.15, 0.2) is 36.5 Å². The van der Waals surface area contributed by atoms with E-state index in [0.717, 1.165) is 43.9 Å². The van der Waals surface area contributed by atoms with E-state index in [4.69, 9.17) is 14.7 Å². The molecule has 2 aliphatic rings. The van der Waals surface area contributed by atoms with Gasteiger partial charge in [-0.3, -0.25) is 0 Å². The largest absolute Gasteiger partial charge is 0.474 e. The smallest absolute Gasteiger partial charge is 0.417 e. The molecular weight excluding hydrogens is 499 g/mol. The fourth-order valence-electron chi connectivity index (χ4n) is 4.79. The fourth-order valence-corrected chi connectivity index (χ4v) is 4.79. The third kappa shape index (κ3) is 7.00. The van der Waals surface area contributed by atoms with Gasteiger partial charge in [-0.2, -0.15) is 18.4 Å². The number of rotatable bonds is 7. The maximum atomic E-state index is 13.3. The van der Waals surface area contributed by atoms with Gasteiger partial charge in [-0.25, -0.2) is 9.78 Å². The highest BCUT2D eigenvalue weighted by Crippen LogP contribution is 2.34. The first-order valence-corrected chi connectivity index (χ1v) is 12.9. The van der Waals surface area contributed by atoms with Gasteiger partial charge in [-0.1, -0.05) is 6.92 Å². The fraction of sp³-hybridized carbons (Fsp3) is 0.519. The highest BCUT2D eigenvalue weighted by atomic mass is 19.4. The molecule has 1 amide bonds. The van der Waals surface area contributed by atoms with Crippen molar-refractivity contribution in [3.05, 3.63) is 47.7 Å². The number of carbonyl (C=O) groups is 1. The van der Waals surface area contributed by atoms with Gasteiger partial charge in [-0.05, 0) is 56.4 Å². The predicted octanol–water partition coefficient (Wildman–Crippen LogP) is 5.44. The third-order valence-corrected chi connectivity index (χ3v) is 6.83. The summed E-state index contributed by atoms with van der Waals surface area (Å²) in [6.45, 7) is 4.93. The lowest BCUT2D eigenvalue weighted by atomic mass is 9.92. The van der Waals surface area contributed by atoms with Crippen LogP contribution in [0.25, 0.3) is 0 Å². The van der Waals surface area contributed by atoms with Crippen LogP contribution in [0.3, 0.4) is 0 Å². The van der Waals surface area contributed by atoms with Crippen molar-refractivity contribution in [3.63, 3.8) is 0 Å². The molecule has 0 spiro atoms. The number of halogens is 3. The van der Waals surface area contributed by atoms with Crippen LogP contribution in [-0.4, -0.2) is 60.9 Å². The van der Waals surface area contributed by atoms with Crippen LogP contribution in [0.5, 0.6) is 5.88 Å². The molecule has 38 heavy (non-hydrogen) atoms. The second kappa shape index (κ2) is 12.2. The van der Waals surface area contributed by atoms with E-state index in [9.17, 15) is 18.0 Å². The molecule has 0 radical (unpaired) electrons. The van der Waals surface area contributed by atoms with Crippen molar-refractivity contribution in [2.24, 2.45) is 0 Å². The van der Waals surface area contributed by atoms with Gasteiger partial charge in [0, 0.05) is 55.9 Å². The second-order valence-electron chi connectivity index (χ2n) is 9.55. The minimum atomic E-state index is -4.58. The monoisotopic (exact) mass is 531 g/mol. The summed E-state index contributed by atoms with van der Waals surface area (Å²) in [5.74, 6) is 0.533. The summed E-state index contributed by atoms with van der Waals surface area (Å²) < 4.78 is 51.2. The van der Waals surface area contributed by atoms with Crippen molar-refractivity contribution in [3.8, 4) is 11.9 Å². The van der Waals surface area contributed by atoms with Crippen molar-refractivity contribution in [1.29, 1.82) is 5.26 Å². The number of benzene rings is 1. The molecule has 1 saturated carbocycles. The number of hydrogen-bond donors (Lipinski definition) is 1. The number of amides is 1. The maximum absolute atomic E-state index is 13.3. The SMILES string of the molecule is CCCOC(=O)N1CCN(c2ccnc(OC3CCC(Nc4ccc(C#N)c(C(F)(F)F)c4)CC3)c2)CC1. The summed E-state index contributed by atoms with van der Waals surface area (Å²) in [6, 6.07) is 9.18. The molecule has 8 nitrogen and oxygen atoms in total. The lowest BCUT2D eigenvalue weighted by Gasteiger charge is -2.35. The number of nitrogens with one attached hydrogen (secondary N) is 1. The summed E-state index contributed by atoms with van der Waals surface area (Å²) in [7, 11) is 0. The van der Waals surface area contributed by atoms with E-state index in [0.29, 0.717) is 44.4 Å². The average molecular weight is 532 g/mol. The molecule has 0 bridgehead atoms. The van der Waals surface area contributed by atoms with Crippen molar-refractivity contribution >= 4 is 17.5 Å². The summed E-state index contributed by atoms with van der Waals surface area (Å²) in [6.07, 6.45) is 0.581. The summed E-state index contributed by atoms with van der Waals surface area (Å²) in [5, 5.41) is 12.2. The number of nitriles is 1. The van der Waals surface area contributed by atoms with Gasteiger partial charge < -0.3 is 24.6 Å². The molecule has 11 heteroatoms. The number of alkyl halides is 3. The Morgan fingerprint density at radius 2 is 1.87 bits per heavy atom. The molecule has 1 aromatic carbocycles. The van der Waals surface area contributed by atoms with Crippen LogP contribution in [-0.2, 0) is 10.9 Å². The average Bonchev–Trinajstić information content (AvgIpc) is 2.92. The second-order valence-corrected chi connectivity index (χ2v) is 9.55. The first-order chi connectivity index (χ1) is 18.3. The van der Waals surface area contributed by atoms with E-state index in [1.165, 1.54) is 12.1 Å². The van der Waals surface area contributed by atoms with Crippen LogP contribution in [0.1, 0.15) is 50.2 Å². The lowest BCUT2D eigenvalue weighted by Crippen LogP contribution is -2.49. The zero-order chi connectivity index (χ0) is 27.1. The number of piperazine rings is 1. The predicted molar refractivity (Wildman–Crippen MR) is 136 cm³/mol. The number of pyridine rings is 1. The zero-order valence-corrected chi connectivity index (χ0v) is 21.3. The normalized spacial score (nSPS) is 20.0. The molecule has 1 aliphatic heterocycles. The standard InChI is InChI=1S/C27H32F3N5O3/c1-2-15-37-26(36)35-13-11-34(12-14-35)22-9-10-32-25(17-22)38-23-7-5-20(6-8-23)33-21-4-3-19(18-31)24(16-21)27(28,29)30/h3-4,9-10,16-17,20,23,33H,2,5-8,11-15H2,1H3. The highest BCUT2D eigenvalue weighted by Gasteiger charge is 2.34. The molecule has 0 atom stereocenters. The maximum Gasteiger partial charge on any atom is 0.417 e. The van der Waals surface area contributed by atoms with Gasteiger partial charge in [0.15, 0.2) is 0 Å². The van der Waals surface area contributed by atoms with Crippen molar-refractivity contribution in [2.45, 2.75) is 57.3 Å². The Labute approximate surface area is 220 Å². The first-order valence-electron chi connectivity index (χ1n) is 12.9. The van der Waals surface area contributed by atoms with Gasteiger partial charge in [0.2, 0.25) is 5.88 Å². The van der Waals surface area contributed by atoms with E-state index in [1.807, 2.05) is 19.1 Å². The van der Waals surface area contributed by atoms with Crippen LogP contribution in [0.4, 0.5) is 29.3 Å². The van der Waals surface area contributed by atoms with E-state index in [1.54, 1.807) is 17.2 Å². The summed E-state index contributed by atoms with van der Waals surface area (Å²) in [5.41, 5.74) is 0.0269. The molecule has 2 fully saturated rings. The number of nitrogens with zero attached hydrogens (tertiary/aromatic N) is 4. The Bertz CT molecular complexity index is 1140. The lowest BCUT2D eigenvalue weighted by molar-refractivity contribution is -0.137. The molecule has 1 N–H and O–H groups in total. The number of hydrogen-bond acceptors (Lipinski definition) is 7. The molecule has 204 valence electrons. The Kier molecular flexibility index (Phi) is 8.81. The molecule has 1 aromatic heterocycles. The van der Waals surface area contributed by atoms with Crippen molar-refractivity contribution < 1.29 is 27.4 Å². The molecule has 2 aromatic rings. The minimum absolute atomic E-state index is 0.0171. The topological polar surface area (TPSA) is 90.7 Å². The summed E-state index contributed by atoms with van der Waals surface area (Å²) >= 11 is 0. The number of carbonyl (C=O) groups excluding carboxylic acids is 1. The van der Waals surface area contributed by atoms with E-state index in [2.05, 4.69) is 15.2 Å². The van der Waals surface area contributed by atoms with Gasteiger partial charge in [-0.15, -0.1) is 0 Å². The van der Waals surface area contributed by atoms with E-state index < -0.39 is 11.7 Å². The molecule has 1 aliphatic carbocycles. The Balaban J connectivity index is 1.27. The number of anilines is 2. The molecular formula is C27H32F3N5O3.